The summed E-state index contributed by atoms with van der Waals surface area (Å²) in [5.74, 6) is -1.85. The highest BCUT2D eigenvalue weighted by molar-refractivity contribution is 7.89. The SMILES string of the molecule is N[C@@H](CNS(=O)(=O)c1cc(F)ccc1F)c1ccccc1. The van der Waals surface area contributed by atoms with Crippen LogP contribution in [0.1, 0.15) is 11.6 Å². The predicted octanol–water partition coefficient (Wildman–Crippen LogP) is 1.94. The normalized spacial score (nSPS) is 13.1. The monoisotopic (exact) mass is 312 g/mol. The van der Waals surface area contributed by atoms with Crippen molar-refractivity contribution in [2.75, 3.05) is 6.54 Å². The van der Waals surface area contributed by atoms with E-state index < -0.39 is 32.6 Å². The lowest BCUT2D eigenvalue weighted by Crippen LogP contribution is -2.32. The number of rotatable bonds is 5. The Bertz CT molecular complexity index is 721. The second-order valence-corrected chi connectivity index (χ2v) is 6.18. The number of benzene rings is 2. The van der Waals surface area contributed by atoms with Crippen LogP contribution >= 0.6 is 0 Å². The van der Waals surface area contributed by atoms with E-state index in [-0.39, 0.29) is 6.54 Å². The van der Waals surface area contributed by atoms with Crippen molar-refractivity contribution in [1.29, 1.82) is 0 Å². The van der Waals surface area contributed by atoms with Gasteiger partial charge in [-0.3, -0.25) is 0 Å². The minimum Gasteiger partial charge on any atom is -0.323 e. The molecule has 7 heteroatoms. The van der Waals surface area contributed by atoms with Crippen molar-refractivity contribution in [2.24, 2.45) is 5.73 Å². The fourth-order valence-electron chi connectivity index (χ4n) is 1.78. The fourth-order valence-corrected chi connectivity index (χ4v) is 2.93. The van der Waals surface area contributed by atoms with Gasteiger partial charge in [0.05, 0.1) is 0 Å². The number of nitrogens with two attached hydrogens (primary N) is 1. The number of halogens is 2. The Hall–Kier alpha value is -1.83. The molecule has 0 aromatic heterocycles. The summed E-state index contributed by atoms with van der Waals surface area (Å²) in [6.07, 6.45) is 0. The van der Waals surface area contributed by atoms with Crippen molar-refractivity contribution in [2.45, 2.75) is 10.9 Å². The first-order valence-corrected chi connectivity index (χ1v) is 7.64. The van der Waals surface area contributed by atoms with Crippen LogP contribution in [0, 0.1) is 11.6 Å². The van der Waals surface area contributed by atoms with Gasteiger partial charge in [-0.25, -0.2) is 21.9 Å². The molecule has 21 heavy (non-hydrogen) atoms. The van der Waals surface area contributed by atoms with Crippen LogP contribution < -0.4 is 10.5 Å². The van der Waals surface area contributed by atoms with Gasteiger partial charge < -0.3 is 5.73 Å². The average molecular weight is 312 g/mol. The lowest BCUT2D eigenvalue weighted by molar-refractivity contribution is 0.541. The van der Waals surface area contributed by atoms with Crippen LogP contribution in [0.4, 0.5) is 8.78 Å². The van der Waals surface area contributed by atoms with E-state index in [9.17, 15) is 17.2 Å². The molecule has 112 valence electrons. The Balaban J connectivity index is 2.13. The second kappa shape index (κ2) is 6.30. The molecule has 0 radical (unpaired) electrons. The molecule has 0 amide bonds. The van der Waals surface area contributed by atoms with Gasteiger partial charge in [-0.1, -0.05) is 30.3 Å². The third-order valence-electron chi connectivity index (χ3n) is 2.90. The van der Waals surface area contributed by atoms with Crippen LogP contribution in [-0.4, -0.2) is 15.0 Å². The van der Waals surface area contributed by atoms with Crippen molar-refractivity contribution in [3.63, 3.8) is 0 Å². The lowest BCUT2D eigenvalue weighted by atomic mass is 10.1. The molecule has 2 aromatic rings. The molecule has 0 saturated carbocycles. The topological polar surface area (TPSA) is 72.2 Å². The predicted molar refractivity (Wildman–Crippen MR) is 74.9 cm³/mol. The Morgan fingerprint density at radius 1 is 1.10 bits per heavy atom. The summed E-state index contributed by atoms with van der Waals surface area (Å²) in [5.41, 5.74) is 6.59. The molecule has 0 saturated heterocycles. The minimum absolute atomic E-state index is 0.123. The summed E-state index contributed by atoms with van der Waals surface area (Å²) in [6, 6.07) is 10.5. The van der Waals surface area contributed by atoms with Gasteiger partial charge in [0.2, 0.25) is 10.0 Å². The van der Waals surface area contributed by atoms with E-state index >= 15 is 0 Å². The maximum absolute atomic E-state index is 13.5. The summed E-state index contributed by atoms with van der Waals surface area (Å²) in [7, 11) is -4.16. The molecule has 0 spiro atoms. The van der Waals surface area contributed by atoms with Crippen LogP contribution in [0.5, 0.6) is 0 Å². The first-order chi connectivity index (χ1) is 9.90. The van der Waals surface area contributed by atoms with E-state index in [4.69, 9.17) is 5.73 Å². The summed E-state index contributed by atoms with van der Waals surface area (Å²) in [5, 5.41) is 0. The van der Waals surface area contributed by atoms with Crippen molar-refractivity contribution in [3.8, 4) is 0 Å². The maximum Gasteiger partial charge on any atom is 0.243 e. The average Bonchev–Trinajstić information content (AvgIpc) is 2.48. The fraction of sp³-hybridized carbons (Fsp3) is 0.143. The van der Waals surface area contributed by atoms with Gasteiger partial charge in [0.25, 0.3) is 0 Å². The van der Waals surface area contributed by atoms with Crippen LogP contribution in [0.2, 0.25) is 0 Å². The van der Waals surface area contributed by atoms with Gasteiger partial charge in [-0.2, -0.15) is 0 Å². The highest BCUT2D eigenvalue weighted by Gasteiger charge is 2.20. The molecular formula is C14H14F2N2O2S. The van der Waals surface area contributed by atoms with Crippen molar-refractivity contribution >= 4 is 10.0 Å². The summed E-state index contributed by atoms with van der Waals surface area (Å²) in [6.45, 7) is -0.123. The summed E-state index contributed by atoms with van der Waals surface area (Å²) >= 11 is 0. The Morgan fingerprint density at radius 3 is 2.43 bits per heavy atom. The first kappa shape index (κ1) is 15.6. The molecule has 0 aliphatic heterocycles. The highest BCUT2D eigenvalue weighted by Crippen LogP contribution is 2.16. The minimum atomic E-state index is -4.16. The smallest absolute Gasteiger partial charge is 0.243 e. The van der Waals surface area contributed by atoms with Crippen LogP contribution in [0.15, 0.2) is 53.4 Å². The van der Waals surface area contributed by atoms with Gasteiger partial charge >= 0.3 is 0 Å². The molecule has 2 rings (SSSR count). The van der Waals surface area contributed by atoms with Gasteiger partial charge in [-0.05, 0) is 23.8 Å². The van der Waals surface area contributed by atoms with E-state index in [2.05, 4.69) is 4.72 Å². The molecule has 1 atom stereocenters. The van der Waals surface area contributed by atoms with E-state index in [1.54, 1.807) is 24.3 Å². The zero-order valence-electron chi connectivity index (χ0n) is 11.0. The maximum atomic E-state index is 13.5. The lowest BCUT2D eigenvalue weighted by Gasteiger charge is -2.13. The molecule has 3 N–H and O–H groups in total. The molecule has 2 aromatic carbocycles. The number of nitrogens with one attached hydrogen (secondary N) is 1. The third kappa shape index (κ3) is 3.84. The van der Waals surface area contributed by atoms with E-state index in [0.29, 0.717) is 6.07 Å². The van der Waals surface area contributed by atoms with E-state index in [1.807, 2.05) is 6.07 Å². The molecule has 0 bridgehead atoms. The second-order valence-electron chi connectivity index (χ2n) is 4.44. The van der Waals surface area contributed by atoms with Crippen molar-refractivity contribution in [3.05, 3.63) is 65.7 Å². The van der Waals surface area contributed by atoms with Crippen molar-refractivity contribution < 1.29 is 17.2 Å². The Kier molecular flexibility index (Phi) is 4.66. The Labute approximate surface area is 121 Å². The standard InChI is InChI=1S/C14H14F2N2O2S/c15-11-6-7-12(16)14(8-11)21(19,20)18-9-13(17)10-4-2-1-3-5-10/h1-8,13,18H,9,17H2/t13-/m0/s1. The van der Waals surface area contributed by atoms with Gasteiger partial charge in [0.15, 0.2) is 0 Å². The van der Waals surface area contributed by atoms with Crippen LogP contribution in [0.3, 0.4) is 0 Å². The number of sulfonamides is 1. The van der Waals surface area contributed by atoms with Gasteiger partial charge in [-0.15, -0.1) is 0 Å². The largest absolute Gasteiger partial charge is 0.323 e. The number of hydrogen-bond acceptors (Lipinski definition) is 3. The van der Waals surface area contributed by atoms with Crippen LogP contribution in [-0.2, 0) is 10.0 Å². The van der Waals surface area contributed by atoms with Gasteiger partial charge in [0.1, 0.15) is 16.5 Å². The molecule has 4 nitrogen and oxygen atoms in total. The molecule has 0 fully saturated rings. The van der Waals surface area contributed by atoms with E-state index in [0.717, 1.165) is 17.7 Å². The Morgan fingerprint density at radius 2 is 1.76 bits per heavy atom. The summed E-state index contributed by atoms with van der Waals surface area (Å²) < 4.78 is 52.7. The quantitative estimate of drug-likeness (QED) is 0.886. The van der Waals surface area contributed by atoms with Gasteiger partial charge in [0, 0.05) is 12.6 Å². The molecular weight excluding hydrogens is 298 g/mol. The van der Waals surface area contributed by atoms with Crippen molar-refractivity contribution in [1.82, 2.24) is 4.72 Å². The molecule has 0 heterocycles. The van der Waals surface area contributed by atoms with E-state index in [1.165, 1.54) is 0 Å². The summed E-state index contributed by atoms with van der Waals surface area (Å²) in [4.78, 5) is -0.734. The zero-order valence-corrected chi connectivity index (χ0v) is 11.8. The third-order valence-corrected chi connectivity index (χ3v) is 4.34. The highest BCUT2D eigenvalue weighted by atomic mass is 32.2. The number of hydrogen-bond donors (Lipinski definition) is 2. The van der Waals surface area contributed by atoms with Crippen LogP contribution in [0.25, 0.3) is 0 Å². The zero-order chi connectivity index (χ0) is 15.5. The first-order valence-electron chi connectivity index (χ1n) is 6.15. The molecule has 0 aliphatic rings. The molecule has 0 unspecified atom stereocenters. The molecule has 0 aliphatic carbocycles.